The van der Waals surface area contributed by atoms with Crippen LogP contribution in [0.1, 0.15) is 40.7 Å². The highest BCUT2D eigenvalue weighted by atomic mass is 19.1. The average molecular weight is 479 g/mol. The number of aromatic amines is 1. The Hall–Kier alpha value is -4.03. The van der Waals surface area contributed by atoms with Crippen molar-refractivity contribution < 1.29 is 33.4 Å². The second-order valence-electron chi connectivity index (χ2n) is 8.00. The number of nitrogen functional groups attached to an aromatic ring is 1. The Morgan fingerprint density at radius 1 is 1.24 bits per heavy atom. The number of carboxylic acids is 2. The Bertz CT molecular complexity index is 1160. The number of carbonyl (C=O) groups excluding carboxylic acids is 1. The molecule has 182 valence electrons. The number of carbonyl (C=O) groups is 3. The number of nitrogens with one attached hydrogen (secondary N) is 3. The molecule has 11 nitrogen and oxygen atoms in total. The smallest absolute Gasteiger partial charge is 0.326 e. The van der Waals surface area contributed by atoms with Crippen LogP contribution in [0.15, 0.2) is 16.9 Å². The van der Waals surface area contributed by atoms with E-state index < -0.39 is 53.9 Å². The van der Waals surface area contributed by atoms with E-state index in [2.05, 4.69) is 15.3 Å². The first-order valence-electron chi connectivity index (χ1n) is 10.4. The molecule has 34 heavy (non-hydrogen) atoms. The van der Waals surface area contributed by atoms with E-state index in [0.717, 1.165) is 12.1 Å². The van der Waals surface area contributed by atoms with E-state index in [-0.39, 0.29) is 29.4 Å². The number of aliphatic carboxylic acids is 2. The van der Waals surface area contributed by atoms with Crippen molar-refractivity contribution in [3.8, 4) is 0 Å². The summed E-state index contributed by atoms with van der Waals surface area (Å²) < 4.78 is 29.1. The number of carboxylic acid groups (broad SMARTS) is 2. The van der Waals surface area contributed by atoms with Crippen molar-refractivity contribution in [3.05, 3.63) is 50.8 Å². The Balaban J connectivity index is 1.66. The summed E-state index contributed by atoms with van der Waals surface area (Å²) in [7, 11) is 0. The lowest BCUT2D eigenvalue weighted by atomic mass is 9.90. The van der Waals surface area contributed by atoms with E-state index >= 15 is 0 Å². The molecule has 0 spiro atoms. The molecule has 7 N–H and O–H groups in total. The van der Waals surface area contributed by atoms with Crippen LogP contribution < -0.4 is 21.9 Å². The number of hydrogen-bond acceptors (Lipinski definition) is 7. The van der Waals surface area contributed by atoms with Crippen LogP contribution in [-0.2, 0) is 22.4 Å². The number of nitrogens with two attached hydrogens (primary N) is 1. The Morgan fingerprint density at radius 3 is 2.53 bits per heavy atom. The number of benzene rings is 1. The number of amides is 1. The van der Waals surface area contributed by atoms with E-state index in [1.165, 1.54) is 0 Å². The highest BCUT2D eigenvalue weighted by molar-refractivity contribution is 5.97. The fraction of sp³-hybridized carbons (Fsp3) is 0.381. The van der Waals surface area contributed by atoms with Crippen LogP contribution in [0.2, 0.25) is 0 Å². The maximum atomic E-state index is 14.6. The first-order valence-corrected chi connectivity index (χ1v) is 10.4. The molecule has 1 aliphatic heterocycles. The van der Waals surface area contributed by atoms with E-state index in [4.69, 9.17) is 15.9 Å². The van der Waals surface area contributed by atoms with Crippen LogP contribution in [0.4, 0.5) is 20.5 Å². The van der Waals surface area contributed by atoms with Gasteiger partial charge in [0.15, 0.2) is 0 Å². The van der Waals surface area contributed by atoms with E-state index in [1.54, 1.807) is 0 Å². The third kappa shape index (κ3) is 5.85. The van der Waals surface area contributed by atoms with Gasteiger partial charge in [-0.25, -0.2) is 13.6 Å². The fourth-order valence-electron chi connectivity index (χ4n) is 3.77. The van der Waals surface area contributed by atoms with Crippen molar-refractivity contribution in [2.45, 2.75) is 38.1 Å². The maximum absolute atomic E-state index is 14.6. The third-order valence-electron chi connectivity index (χ3n) is 5.51. The summed E-state index contributed by atoms with van der Waals surface area (Å²) in [5.74, 6) is -6.03. The van der Waals surface area contributed by atoms with Crippen LogP contribution >= 0.6 is 0 Å². The van der Waals surface area contributed by atoms with Gasteiger partial charge in [0, 0.05) is 13.0 Å². The summed E-state index contributed by atoms with van der Waals surface area (Å²) in [6.07, 6.45) is 0.159. The summed E-state index contributed by atoms with van der Waals surface area (Å²) in [6.45, 7) is 0.487. The van der Waals surface area contributed by atoms with Gasteiger partial charge in [-0.2, -0.15) is 4.98 Å². The van der Waals surface area contributed by atoms with Crippen molar-refractivity contribution in [2.24, 2.45) is 5.92 Å². The number of aromatic nitrogens is 2. The zero-order chi connectivity index (χ0) is 25.0. The van der Waals surface area contributed by atoms with Crippen molar-refractivity contribution in [3.63, 3.8) is 0 Å². The van der Waals surface area contributed by atoms with Gasteiger partial charge in [-0.15, -0.1) is 0 Å². The number of fused-ring (bicyclic) bond motifs is 1. The molecule has 0 fully saturated rings. The molecule has 0 aliphatic carbocycles. The van der Waals surface area contributed by atoms with Crippen LogP contribution in [0.3, 0.4) is 0 Å². The molecule has 2 atom stereocenters. The van der Waals surface area contributed by atoms with E-state index in [1.807, 2.05) is 5.32 Å². The minimum atomic E-state index is -1.61. The SMILES string of the molecule is Nc1nc2c(c(=O)[nH]1)CC(CCc1cc(F)c(C(=O)N[C@@H](CCC(=O)O)C(=O)O)c(F)c1)CN2. The molecule has 0 saturated carbocycles. The summed E-state index contributed by atoms with van der Waals surface area (Å²) in [6, 6.07) is 0.367. The highest BCUT2D eigenvalue weighted by Gasteiger charge is 2.26. The summed E-state index contributed by atoms with van der Waals surface area (Å²) in [5.41, 5.74) is 4.95. The molecule has 1 aromatic carbocycles. The van der Waals surface area contributed by atoms with Crippen LogP contribution in [0.25, 0.3) is 0 Å². The monoisotopic (exact) mass is 479 g/mol. The molecule has 13 heteroatoms. The number of H-pyrrole nitrogens is 1. The first-order chi connectivity index (χ1) is 16.0. The van der Waals surface area contributed by atoms with Crippen LogP contribution in [0, 0.1) is 17.6 Å². The van der Waals surface area contributed by atoms with Crippen LogP contribution in [0.5, 0.6) is 0 Å². The maximum Gasteiger partial charge on any atom is 0.326 e. The lowest BCUT2D eigenvalue weighted by Gasteiger charge is -2.24. The molecule has 0 bridgehead atoms. The minimum absolute atomic E-state index is 0.00124. The Morgan fingerprint density at radius 2 is 1.91 bits per heavy atom. The zero-order valence-corrected chi connectivity index (χ0v) is 17.9. The number of rotatable bonds is 9. The summed E-state index contributed by atoms with van der Waals surface area (Å²) in [5, 5.41) is 22.8. The normalized spacial score (nSPS) is 15.6. The van der Waals surface area contributed by atoms with Gasteiger partial charge in [0.1, 0.15) is 29.1 Å². The first kappa shape index (κ1) is 24.6. The topological polar surface area (TPSA) is 187 Å². The number of aryl methyl sites for hydroxylation is 1. The summed E-state index contributed by atoms with van der Waals surface area (Å²) in [4.78, 5) is 52.7. The van der Waals surface area contributed by atoms with Crippen molar-refractivity contribution in [1.82, 2.24) is 15.3 Å². The lowest BCUT2D eigenvalue weighted by Crippen LogP contribution is -2.41. The van der Waals surface area contributed by atoms with Gasteiger partial charge >= 0.3 is 11.9 Å². The Labute approximate surface area is 191 Å². The largest absolute Gasteiger partial charge is 0.481 e. The number of hydrogen-bond donors (Lipinski definition) is 6. The molecule has 1 unspecified atom stereocenters. The fourth-order valence-corrected chi connectivity index (χ4v) is 3.77. The predicted molar refractivity (Wildman–Crippen MR) is 115 cm³/mol. The molecule has 2 heterocycles. The Kier molecular flexibility index (Phi) is 7.44. The molecule has 0 radical (unpaired) electrons. The highest BCUT2D eigenvalue weighted by Crippen LogP contribution is 2.24. The van der Waals surface area contributed by atoms with E-state index in [0.29, 0.717) is 30.8 Å². The molecular formula is C21H23F2N5O6. The number of halogens is 2. The van der Waals surface area contributed by atoms with Crippen molar-refractivity contribution in [2.75, 3.05) is 17.6 Å². The van der Waals surface area contributed by atoms with Gasteiger partial charge in [-0.05, 0) is 49.3 Å². The summed E-state index contributed by atoms with van der Waals surface area (Å²) >= 11 is 0. The zero-order valence-electron chi connectivity index (χ0n) is 17.9. The molecule has 1 aromatic heterocycles. The van der Waals surface area contributed by atoms with Gasteiger partial charge in [-0.3, -0.25) is 19.4 Å². The predicted octanol–water partition coefficient (Wildman–Crippen LogP) is 0.895. The van der Waals surface area contributed by atoms with Crippen molar-refractivity contribution in [1.29, 1.82) is 0 Å². The lowest BCUT2D eigenvalue weighted by molar-refractivity contribution is -0.140. The van der Waals surface area contributed by atoms with E-state index in [9.17, 15) is 28.0 Å². The number of nitrogens with zero attached hydrogens (tertiary/aromatic N) is 1. The van der Waals surface area contributed by atoms with Gasteiger partial charge in [0.25, 0.3) is 11.5 Å². The molecule has 1 amide bonds. The molecule has 2 aromatic rings. The third-order valence-corrected chi connectivity index (χ3v) is 5.51. The molecule has 3 rings (SSSR count). The second-order valence-corrected chi connectivity index (χ2v) is 8.00. The quantitative estimate of drug-likeness (QED) is 0.304. The standard InChI is InChI=1S/C21H23F2N5O6/c22-12-6-9(1-2-10-5-11-17(25-8-10)27-21(24)28-18(11)31)7-13(23)16(12)19(32)26-14(20(33)34)3-4-15(29)30/h6-7,10,14H,1-5,8H2,(H,26,32)(H,29,30)(H,33,34)(H4,24,25,27,28,31)/t10?,14-/m0/s1. The van der Waals surface area contributed by atoms with Crippen molar-refractivity contribution >= 4 is 29.6 Å². The number of anilines is 2. The molecular weight excluding hydrogens is 456 g/mol. The molecule has 1 aliphatic rings. The van der Waals surface area contributed by atoms with Gasteiger partial charge in [0.05, 0.1) is 5.56 Å². The second kappa shape index (κ2) is 10.3. The van der Waals surface area contributed by atoms with Crippen LogP contribution in [-0.4, -0.2) is 50.6 Å². The molecule has 0 saturated heterocycles. The van der Waals surface area contributed by atoms with Gasteiger partial charge < -0.3 is 26.6 Å². The van der Waals surface area contributed by atoms with Gasteiger partial charge in [0.2, 0.25) is 5.95 Å². The minimum Gasteiger partial charge on any atom is -0.481 e. The average Bonchev–Trinajstić information content (AvgIpc) is 2.74. The van der Waals surface area contributed by atoms with Gasteiger partial charge in [-0.1, -0.05) is 0 Å².